The summed E-state index contributed by atoms with van der Waals surface area (Å²) in [5.41, 5.74) is -0.147. The number of likely N-dealkylation sites (N-methyl/N-ethyl adjacent to an activating group) is 1. The molecule has 0 spiro atoms. The molecule has 1 aromatic carbocycles. The fraction of sp³-hybridized carbons (Fsp3) is 0.467. The molecule has 0 bridgehead atoms. The topological polar surface area (TPSA) is 83.6 Å². The van der Waals surface area contributed by atoms with Gasteiger partial charge in [0.1, 0.15) is 0 Å². The van der Waals surface area contributed by atoms with E-state index in [1.54, 1.807) is 0 Å². The van der Waals surface area contributed by atoms with Crippen LogP contribution < -0.4 is 5.32 Å². The second-order valence-electron chi connectivity index (χ2n) is 6.26. The lowest BCUT2D eigenvalue weighted by Crippen LogP contribution is -2.46. The highest BCUT2D eigenvalue weighted by Gasteiger charge is 2.19. The van der Waals surface area contributed by atoms with E-state index in [1.165, 1.54) is 36.2 Å². The number of sulfone groups is 1. The molecule has 1 N–H and O–H groups in total. The van der Waals surface area contributed by atoms with Crippen LogP contribution in [0.4, 0.5) is 0 Å². The minimum Gasteiger partial charge on any atom is -0.350 e. The smallest absolute Gasteiger partial charge is 0.254 e. The van der Waals surface area contributed by atoms with Gasteiger partial charge in [0.15, 0.2) is 9.84 Å². The van der Waals surface area contributed by atoms with Crippen molar-refractivity contribution in [3.63, 3.8) is 0 Å². The normalized spacial score (nSPS) is 11.9. The van der Waals surface area contributed by atoms with Gasteiger partial charge in [-0.1, -0.05) is 6.07 Å². The zero-order valence-electron chi connectivity index (χ0n) is 13.5. The summed E-state index contributed by atoms with van der Waals surface area (Å²) in [6.07, 6.45) is 1.08. The molecule has 22 heavy (non-hydrogen) atoms. The minimum absolute atomic E-state index is 0.0749. The Labute approximate surface area is 131 Å². The molecule has 7 heteroatoms. The molecule has 0 aliphatic rings. The number of nitrogens with one attached hydrogen (secondary N) is 1. The quantitative estimate of drug-likeness (QED) is 0.897. The fourth-order valence-electron chi connectivity index (χ4n) is 1.83. The number of hydrogen-bond acceptors (Lipinski definition) is 4. The van der Waals surface area contributed by atoms with Crippen LogP contribution in [-0.4, -0.2) is 50.5 Å². The van der Waals surface area contributed by atoms with Gasteiger partial charge in [-0.15, -0.1) is 0 Å². The summed E-state index contributed by atoms with van der Waals surface area (Å²) in [7, 11) is -1.88. The van der Waals surface area contributed by atoms with Crippen LogP contribution in [0.3, 0.4) is 0 Å². The van der Waals surface area contributed by atoms with Gasteiger partial charge in [-0.2, -0.15) is 0 Å². The first-order chi connectivity index (χ1) is 9.90. The number of carbonyl (C=O) groups is 2. The molecule has 0 fully saturated rings. The van der Waals surface area contributed by atoms with Crippen molar-refractivity contribution in [3.05, 3.63) is 29.8 Å². The largest absolute Gasteiger partial charge is 0.350 e. The van der Waals surface area contributed by atoms with Crippen molar-refractivity contribution in [2.75, 3.05) is 19.8 Å². The maximum atomic E-state index is 12.3. The van der Waals surface area contributed by atoms with Gasteiger partial charge in [-0.05, 0) is 39.0 Å². The van der Waals surface area contributed by atoms with E-state index in [0.717, 1.165) is 6.26 Å². The van der Waals surface area contributed by atoms with Crippen LogP contribution in [-0.2, 0) is 14.6 Å². The third-order valence-corrected chi connectivity index (χ3v) is 3.86. The Balaban J connectivity index is 2.86. The van der Waals surface area contributed by atoms with Crippen molar-refractivity contribution in [2.45, 2.75) is 31.2 Å². The molecule has 0 aromatic heterocycles. The number of carbonyl (C=O) groups excluding carboxylic acids is 2. The second kappa shape index (κ2) is 6.48. The molecular formula is C15H22N2O4S. The predicted molar refractivity (Wildman–Crippen MR) is 84.4 cm³/mol. The SMILES string of the molecule is CN(CC(=O)NC(C)(C)C)C(=O)c1cccc(S(C)(=O)=O)c1. The summed E-state index contributed by atoms with van der Waals surface area (Å²) < 4.78 is 23.0. The minimum atomic E-state index is -3.38. The molecule has 0 unspecified atom stereocenters. The van der Waals surface area contributed by atoms with E-state index < -0.39 is 15.7 Å². The lowest BCUT2D eigenvalue weighted by molar-refractivity contribution is -0.122. The van der Waals surface area contributed by atoms with Crippen LogP contribution in [0.2, 0.25) is 0 Å². The molecule has 0 aliphatic carbocycles. The summed E-state index contributed by atoms with van der Waals surface area (Å²) in [5.74, 6) is -0.683. The third kappa shape index (κ3) is 5.48. The highest BCUT2D eigenvalue weighted by atomic mass is 32.2. The van der Waals surface area contributed by atoms with Gasteiger partial charge in [0.05, 0.1) is 11.4 Å². The maximum absolute atomic E-state index is 12.3. The van der Waals surface area contributed by atoms with Gasteiger partial charge in [0.2, 0.25) is 5.91 Å². The average Bonchev–Trinajstić information content (AvgIpc) is 2.34. The highest BCUT2D eigenvalue weighted by Crippen LogP contribution is 2.13. The second-order valence-corrected chi connectivity index (χ2v) is 8.28. The molecule has 0 radical (unpaired) electrons. The fourth-order valence-corrected chi connectivity index (χ4v) is 2.49. The van der Waals surface area contributed by atoms with Gasteiger partial charge in [0.25, 0.3) is 5.91 Å². The Kier molecular flexibility index (Phi) is 5.35. The molecule has 0 heterocycles. The molecule has 6 nitrogen and oxygen atoms in total. The van der Waals surface area contributed by atoms with Crippen LogP contribution >= 0.6 is 0 Å². The van der Waals surface area contributed by atoms with Crippen LogP contribution in [0.5, 0.6) is 0 Å². The van der Waals surface area contributed by atoms with E-state index in [-0.39, 0.29) is 28.4 Å². The van der Waals surface area contributed by atoms with Crippen LogP contribution in [0.1, 0.15) is 31.1 Å². The Bertz CT molecular complexity index is 675. The van der Waals surface area contributed by atoms with Crippen molar-refractivity contribution in [2.24, 2.45) is 0 Å². The van der Waals surface area contributed by atoms with Crippen LogP contribution in [0.15, 0.2) is 29.2 Å². The van der Waals surface area contributed by atoms with E-state index >= 15 is 0 Å². The van der Waals surface area contributed by atoms with Gasteiger partial charge < -0.3 is 10.2 Å². The van der Waals surface area contributed by atoms with Crippen molar-refractivity contribution in [3.8, 4) is 0 Å². The number of rotatable bonds is 4. The molecular weight excluding hydrogens is 304 g/mol. The first-order valence-corrected chi connectivity index (χ1v) is 8.66. The lowest BCUT2D eigenvalue weighted by atomic mass is 10.1. The first-order valence-electron chi connectivity index (χ1n) is 6.77. The standard InChI is InChI=1S/C15H22N2O4S/c1-15(2,3)16-13(18)10-17(4)14(19)11-7-6-8-12(9-11)22(5,20)21/h6-9H,10H2,1-5H3,(H,16,18). The van der Waals surface area contributed by atoms with Crippen molar-refractivity contribution < 1.29 is 18.0 Å². The first kappa shape index (κ1) is 18.2. The van der Waals surface area contributed by atoms with Gasteiger partial charge in [-0.3, -0.25) is 9.59 Å². The maximum Gasteiger partial charge on any atom is 0.254 e. The number of amides is 2. The predicted octanol–water partition coefficient (Wildman–Crippen LogP) is 1.08. The Hall–Kier alpha value is -1.89. The van der Waals surface area contributed by atoms with Gasteiger partial charge in [0, 0.05) is 24.4 Å². The summed E-state index contributed by atoms with van der Waals surface area (Å²) in [6, 6.07) is 5.77. The summed E-state index contributed by atoms with van der Waals surface area (Å²) >= 11 is 0. The van der Waals surface area contributed by atoms with Gasteiger partial charge >= 0.3 is 0 Å². The summed E-state index contributed by atoms with van der Waals surface area (Å²) in [5, 5.41) is 2.76. The molecule has 1 rings (SSSR count). The average molecular weight is 326 g/mol. The zero-order chi connectivity index (χ0) is 17.1. The molecule has 0 saturated carbocycles. The van der Waals surface area contributed by atoms with Crippen molar-refractivity contribution >= 4 is 21.7 Å². The van der Waals surface area contributed by atoms with Crippen LogP contribution in [0.25, 0.3) is 0 Å². The van der Waals surface area contributed by atoms with E-state index in [0.29, 0.717) is 0 Å². The molecule has 1 aromatic rings. The Morgan fingerprint density at radius 3 is 2.32 bits per heavy atom. The lowest BCUT2D eigenvalue weighted by Gasteiger charge is -2.23. The molecule has 2 amide bonds. The molecule has 0 saturated heterocycles. The van der Waals surface area contributed by atoms with E-state index in [4.69, 9.17) is 0 Å². The summed E-state index contributed by atoms with van der Waals surface area (Å²) in [4.78, 5) is 25.4. The third-order valence-electron chi connectivity index (χ3n) is 2.75. The molecule has 122 valence electrons. The number of benzene rings is 1. The Morgan fingerprint density at radius 2 is 1.82 bits per heavy atom. The number of hydrogen-bond donors (Lipinski definition) is 1. The molecule has 0 aliphatic heterocycles. The highest BCUT2D eigenvalue weighted by molar-refractivity contribution is 7.90. The van der Waals surface area contributed by atoms with E-state index in [1.807, 2.05) is 20.8 Å². The zero-order valence-corrected chi connectivity index (χ0v) is 14.3. The monoisotopic (exact) mass is 326 g/mol. The number of nitrogens with zero attached hydrogens (tertiary/aromatic N) is 1. The van der Waals surface area contributed by atoms with Crippen LogP contribution in [0, 0.1) is 0 Å². The van der Waals surface area contributed by atoms with Gasteiger partial charge in [-0.25, -0.2) is 8.42 Å². The van der Waals surface area contributed by atoms with E-state index in [2.05, 4.69) is 5.32 Å². The summed E-state index contributed by atoms with van der Waals surface area (Å²) in [6.45, 7) is 5.45. The van der Waals surface area contributed by atoms with Crippen molar-refractivity contribution in [1.82, 2.24) is 10.2 Å². The van der Waals surface area contributed by atoms with E-state index in [9.17, 15) is 18.0 Å². The molecule has 0 atom stereocenters. The van der Waals surface area contributed by atoms with Crippen molar-refractivity contribution in [1.29, 1.82) is 0 Å². The Morgan fingerprint density at radius 1 is 1.23 bits per heavy atom.